The summed E-state index contributed by atoms with van der Waals surface area (Å²) in [5.74, 6) is 1.77. The second-order valence-corrected chi connectivity index (χ2v) is 5.42. The summed E-state index contributed by atoms with van der Waals surface area (Å²) in [4.78, 5) is 10.6. The van der Waals surface area contributed by atoms with Crippen LogP contribution in [0, 0.1) is 0 Å². The maximum absolute atomic E-state index is 5.45. The minimum atomic E-state index is -0.180. The Morgan fingerprint density at radius 2 is 2.28 bits per heavy atom. The number of halogens is 1. The van der Waals surface area contributed by atoms with Gasteiger partial charge in [-0.3, -0.25) is 9.67 Å². The van der Waals surface area contributed by atoms with Gasteiger partial charge in [0.15, 0.2) is 11.8 Å². The zero-order chi connectivity index (χ0) is 17.5. The van der Waals surface area contributed by atoms with Crippen LogP contribution >= 0.6 is 24.0 Å². The number of aromatic nitrogens is 4. The Bertz CT molecular complexity index is 670. The Hall–Kier alpha value is -1.69. The first-order valence-corrected chi connectivity index (χ1v) is 7.86. The van der Waals surface area contributed by atoms with Gasteiger partial charge >= 0.3 is 0 Å². The lowest BCUT2D eigenvalue weighted by Crippen LogP contribution is -2.38. The molecule has 0 aromatic carbocycles. The van der Waals surface area contributed by atoms with Gasteiger partial charge in [-0.15, -0.1) is 24.0 Å². The van der Waals surface area contributed by atoms with Gasteiger partial charge < -0.3 is 19.5 Å². The molecule has 1 N–H and O–H groups in total. The van der Waals surface area contributed by atoms with Crippen LogP contribution in [0.25, 0.3) is 0 Å². The van der Waals surface area contributed by atoms with E-state index in [4.69, 9.17) is 9.26 Å². The van der Waals surface area contributed by atoms with E-state index in [9.17, 15) is 0 Å². The van der Waals surface area contributed by atoms with Crippen molar-refractivity contribution >= 4 is 29.9 Å². The summed E-state index contributed by atoms with van der Waals surface area (Å²) in [6.07, 6.45) is 3.63. The Morgan fingerprint density at radius 1 is 1.52 bits per heavy atom. The second-order valence-electron chi connectivity index (χ2n) is 5.42. The van der Waals surface area contributed by atoms with Crippen molar-refractivity contribution in [1.82, 2.24) is 30.1 Å². The van der Waals surface area contributed by atoms with Crippen LogP contribution in [0.2, 0.25) is 0 Å². The van der Waals surface area contributed by atoms with Crippen molar-refractivity contribution in [3.05, 3.63) is 29.7 Å². The minimum Gasteiger partial charge on any atom is -0.371 e. The molecule has 2 rings (SSSR count). The van der Waals surface area contributed by atoms with Crippen LogP contribution in [-0.4, -0.2) is 51.5 Å². The fourth-order valence-electron chi connectivity index (χ4n) is 2.27. The molecule has 0 aliphatic carbocycles. The van der Waals surface area contributed by atoms with E-state index in [0.29, 0.717) is 31.4 Å². The molecule has 0 fully saturated rings. The largest absolute Gasteiger partial charge is 0.371 e. The van der Waals surface area contributed by atoms with Gasteiger partial charge in [0.25, 0.3) is 0 Å². The highest BCUT2D eigenvalue weighted by Gasteiger charge is 2.14. The summed E-state index contributed by atoms with van der Waals surface area (Å²) >= 11 is 0. The fraction of sp³-hybridized carbons (Fsp3) is 0.600. The van der Waals surface area contributed by atoms with Crippen molar-refractivity contribution in [3.63, 3.8) is 0 Å². The van der Waals surface area contributed by atoms with E-state index in [1.165, 1.54) is 0 Å². The fourth-order valence-corrected chi connectivity index (χ4v) is 2.27. The predicted octanol–water partition coefficient (Wildman–Crippen LogP) is 1.73. The average Bonchev–Trinajstić information content (AvgIpc) is 3.17. The first kappa shape index (κ1) is 21.4. The maximum Gasteiger partial charge on any atom is 0.246 e. The Labute approximate surface area is 164 Å². The number of ether oxygens (including phenoxy) is 1. The highest BCUT2D eigenvalue weighted by molar-refractivity contribution is 14.0. The van der Waals surface area contributed by atoms with E-state index in [1.54, 1.807) is 11.7 Å². The van der Waals surface area contributed by atoms with Gasteiger partial charge in [-0.25, -0.2) is 0 Å². The van der Waals surface area contributed by atoms with Crippen LogP contribution in [0.4, 0.5) is 0 Å². The van der Waals surface area contributed by atoms with Gasteiger partial charge in [0, 0.05) is 46.1 Å². The molecular weight excluding hydrogens is 437 g/mol. The van der Waals surface area contributed by atoms with Gasteiger partial charge in [-0.05, 0) is 13.8 Å². The smallest absolute Gasteiger partial charge is 0.246 e. The van der Waals surface area contributed by atoms with Crippen molar-refractivity contribution in [2.45, 2.75) is 33.0 Å². The number of aryl methyl sites for hydroxylation is 1. The molecule has 1 unspecified atom stereocenters. The number of nitrogens with zero attached hydrogens (tertiary/aromatic N) is 6. The molecule has 2 heterocycles. The Balaban J connectivity index is 0.00000312. The number of aliphatic imine (C=N–C) groups is 1. The van der Waals surface area contributed by atoms with E-state index in [0.717, 1.165) is 11.5 Å². The molecule has 9 nitrogen and oxygen atoms in total. The standard InChI is InChI=1S/C15H25N7O2.HI/c1-6-23-11(2)14-19-13(24-20-14)8-17-15(16-3)21(4)9-12-7-18-22(5)10-12;/h7,10-11H,6,8-9H2,1-5H3,(H,16,17);1H. The molecule has 2 aromatic rings. The number of nitrogens with one attached hydrogen (secondary N) is 1. The lowest BCUT2D eigenvalue weighted by atomic mass is 10.3. The third-order valence-corrected chi connectivity index (χ3v) is 3.41. The summed E-state index contributed by atoms with van der Waals surface area (Å²) in [5, 5.41) is 11.3. The molecule has 25 heavy (non-hydrogen) atoms. The average molecular weight is 463 g/mol. The topological polar surface area (TPSA) is 93.6 Å². The van der Waals surface area contributed by atoms with Crippen molar-refractivity contribution in [1.29, 1.82) is 0 Å². The molecule has 140 valence electrons. The van der Waals surface area contributed by atoms with Gasteiger partial charge in [0.2, 0.25) is 5.89 Å². The quantitative estimate of drug-likeness (QED) is 0.380. The van der Waals surface area contributed by atoms with Crippen molar-refractivity contribution in [2.75, 3.05) is 20.7 Å². The summed E-state index contributed by atoms with van der Waals surface area (Å²) in [6, 6.07) is 0. The highest BCUT2D eigenvalue weighted by Crippen LogP contribution is 2.12. The van der Waals surface area contributed by atoms with Crippen LogP contribution in [0.1, 0.15) is 37.2 Å². The first-order chi connectivity index (χ1) is 11.5. The van der Waals surface area contributed by atoms with Crippen LogP contribution in [-0.2, 0) is 24.9 Å². The molecule has 10 heteroatoms. The zero-order valence-electron chi connectivity index (χ0n) is 15.3. The second kappa shape index (κ2) is 10.3. The normalized spacial score (nSPS) is 12.6. The monoisotopic (exact) mass is 463 g/mol. The molecule has 1 atom stereocenters. The molecule has 0 spiro atoms. The molecule has 0 bridgehead atoms. The molecule has 0 aliphatic rings. The highest BCUT2D eigenvalue weighted by atomic mass is 127. The van der Waals surface area contributed by atoms with Gasteiger partial charge in [-0.1, -0.05) is 5.16 Å². The SMILES string of the molecule is CCOC(C)c1noc(CNC(=NC)N(C)Cc2cnn(C)c2)n1.I. The number of rotatable bonds is 7. The van der Waals surface area contributed by atoms with Crippen LogP contribution < -0.4 is 5.32 Å². The van der Waals surface area contributed by atoms with Crippen LogP contribution in [0.3, 0.4) is 0 Å². The van der Waals surface area contributed by atoms with Crippen molar-refractivity contribution < 1.29 is 9.26 Å². The first-order valence-electron chi connectivity index (χ1n) is 7.86. The van der Waals surface area contributed by atoms with E-state index in [1.807, 2.05) is 45.2 Å². The molecule has 0 aliphatic heterocycles. The molecule has 0 saturated heterocycles. The van der Waals surface area contributed by atoms with Gasteiger partial charge in [0.1, 0.15) is 6.10 Å². The zero-order valence-corrected chi connectivity index (χ0v) is 17.6. The maximum atomic E-state index is 5.45. The summed E-state index contributed by atoms with van der Waals surface area (Å²) in [7, 11) is 5.59. The van der Waals surface area contributed by atoms with Crippen LogP contribution in [0.5, 0.6) is 0 Å². The summed E-state index contributed by atoms with van der Waals surface area (Å²) < 4.78 is 12.5. The van der Waals surface area contributed by atoms with E-state index in [2.05, 4.69) is 25.5 Å². The van der Waals surface area contributed by atoms with Crippen molar-refractivity contribution in [2.24, 2.45) is 12.0 Å². The number of hydrogen-bond acceptors (Lipinski definition) is 6. The minimum absolute atomic E-state index is 0. The van der Waals surface area contributed by atoms with Crippen LogP contribution in [0.15, 0.2) is 21.9 Å². The van der Waals surface area contributed by atoms with E-state index in [-0.39, 0.29) is 30.1 Å². The van der Waals surface area contributed by atoms with E-state index < -0.39 is 0 Å². The number of guanidine groups is 1. The molecule has 0 amide bonds. The van der Waals surface area contributed by atoms with Crippen molar-refractivity contribution in [3.8, 4) is 0 Å². The lowest BCUT2D eigenvalue weighted by molar-refractivity contribution is 0.0683. The summed E-state index contributed by atoms with van der Waals surface area (Å²) in [5.41, 5.74) is 1.11. The third-order valence-electron chi connectivity index (χ3n) is 3.41. The van der Waals surface area contributed by atoms with Gasteiger partial charge in [-0.2, -0.15) is 10.1 Å². The van der Waals surface area contributed by atoms with E-state index >= 15 is 0 Å². The predicted molar refractivity (Wildman–Crippen MR) is 105 cm³/mol. The Kier molecular flexibility index (Phi) is 8.83. The molecule has 2 aromatic heterocycles. The van der Waals surface area contributed by atoms with Gasteiger partial charge in [0.05, 0.1) is 12.7 Å². The lowest BCUT2D eigenvalue weighted by Gasteiger charge is -2.20. The Morgan fingerprint density at radius 3 is 2.88 bits per heavy atom. The number of hydrogen-bond donors (Lipinski definition) is 1. The molecule has 0 radical (unpaired) electrons. The molecule has 0 saturated carbocycles. The third kappa shape index (κ3) is 6.27. The molecular formula is C15H26IN7O2. The summed E-state index contributed by atoms with van der Waals surface area (Å²) in [6.45, 7) is 5.53.